The second-order valence-corrected chi connectivity index (χ2v) is 12.6. The van der Waals surface area contributed by atoms with Crippen LogP contribution in [0.5, 0.6) is 0 Å². The first-order chi connectivity index (χ1) is 20.7. The van der Waals surface area contributed by atoms with E-state index in [1.165, 1.54) is 0 Å². The number of benzene rings is 2. The lowest BCUT2D eigenvalue weighted by atomic mass is 9.92. The van der Waals surface area contributed by atoms with Gasteiger partial charge in [-0.15, -0.1) is 0 Å². The van der Waals surface area contributed by atoms with Crippen LogP contribution in [0.3, 0.4) is 0 Å². The average Bonchev–Trinajstić information content (AvgIpc) is 3.58. The molecule has 5 rings (SSSR count). The van der Waals surface area contributed by atoms with Gasteiger partial charge >= 0.3 is 0 Å². The number of aromatic nitrogens is 1. The highest BCUT2D eigenvalue weighted by Gasteiger charge is 2.43. The second-order valence-electron chi connectivity index (χ2n) is 12.6. The third-order valence-electron chi connectivity index (χ3n) is 8.83. The predicted molar refractivity (Wildman–Crippen MR) is 166 cm³/mol. The minimum Gasteiger partial charge on any atom is -0.361 e. The molecule has 43 heavy (non-hydrogen) atoms. The number of aromatic amines is 1. The summed E-state index contributed by atoms with van der Waals surface area (Å²) in [6.07, 6.45) is 4.52. The molecule has 4 amide bonds. The molecule has 3 aromatic rings. The van der Waals surface area contributed by atoms with Crippen LogP contribution in [0.2, 0.25) is 0 Å². The SMILES string of the molecule is CC(C)[C@@H]1CC[C@@H](C)CC(=O)N[C@H](Cc2c[nH]c3ccccc23)C(=O)N2C[C@H](NC(=O)Cc3ccccc3)C[C@H]2C(=O)N1. The zero-order valence-electron chi connectivity index (χ0n) is 25.3. The summed E-state index contributed by atoms with van der Waals surface area (Å²) in [4.78, 5) is 59.2. The Morgan fingerprint density at radius 1 is 1.00 bits per heavy atom. The van der Waals surface area contributed by atoms with Crippen LogP contribution in [-0.2, 0) is 32.0 Å². The Hall–Kier alpha value is -4.14. The molecule has 9 heteroatoms. The number of H-pyrrole nitrogens is 1. The van der Waals surface area contributed by atoms with Gasteiger partial charge in [0.25, 0.3) is 0 Å². The molecule has 2 fully saturated rings. The average molecular weight is 586 g/mol. The minimum absolute atomic E-state index is 0.0792. The van der Waals surface area contributed by atoms with Gasteiger partial charge in [-0.1, -0.05) is 69.3 Å². The number of hydrogen-bond acceptors (Lipinski definition) is 4. The van der Waals surface area contributed by atoms with Crippen LogP contribution in [-0.4, -0.2) is 64.2 Å². The molecular formula is C34H43N5O4. The number of hydrogen-bond donors (Lipinski definition) is 4. The van der Waals surface area contributed by atoms with Gasteiger partial charge in [0.15, 0.2) is 0 Å². The summed E-state index contributed by atoms with van der Waals surface area (Å²) in [6, 6.07) is 15.3. The molecule has 2 aromatic carbocycles. The van der Waals surface area contributed by atoms with Gasteiger partial charge in [0.1, 0.15) is 12.1 Å². The van der Waals surface area contributed by atoms with Crippen molar-refractivity contribution in [3.05, 3.63) is 71.9 Å². The molecule has 0 saturated carbocycles. The number of rotatable bonds is 6. The normalized spacial score (nSPS) is 25.3. The summed E-state index contributed by atoms with van der Waals surface area (Å²) in [5.41, 5.74) is 2.76. The highest BCUT2D eigenvalue weighted by atomic mass is 16.2. The smallest absolute Gasteiger partial charge is 0.246 e. The predicted octanol–water partition coefficient (Wildman–Crippen LogP) is 3.48. The first-order valence-electron chi connectivity index (χ1n) is 15.5. The standard InChI is InChI=1S/C34H43N5O4/c1-21(2)27-14-13-22(3)15-31(40)37-29(17-24-19-35-28-12-8-7-11-26(24)28)34(43)39-20-25(18-30(39)33(42)38-27)36-32(41)16-23-9-5-4-6-10-23/h4-12,19,21-22,25,27,29-30,35H,13-18,20H2,1-3H3,(H,36,41)(H,37,40)(H,38,42)/t22-,25-,27+,29-,30+/m1/s1. The van der Waals surface area contributed by atoms with E-state index in [9.17, 15) is 19.2 Å². The number of fused-ring (bicyclic) bond motifs is 2. The van der Waals surface area contributed by atoms with Gasteiger partial charge in [-0.05, 0) is 48.3 Å². The maximum Gasteiger partial charge on any atom is 0.246 e. The fraction of sp³-hybridized carbons (Fsp3) is 0.471. The molecule has 0 radical (unpaired) electrons. The highest BCUT2D eigenvalue weighted by molar-refractivity contribution is 5.94. The maximum absolute atomic E-state index is 14.3. The topological polar surface area (TPSA) is 123 Å². The molecule has 2 aliphatic heterocycles. The van der Waals surface area contributed by atoms with Gasteiger partial charge in [0.2, 0.25) is 23.6 Å². The van der Waals surface area contributed by atoms with Crippen LogP contribution in [0.4, 0.5) is 0 Å². The lowest BCUT2D eigenvalue weighted by Gasteiger charge is -2.30. The molecule has 0 unspecified atom stereocenters. The Labute approximate surface area is 253 Å². The molecule has 4 N–H and O–H groups in total. The number of nitrogens with one attached hydrogen (secondary N) is 4. The zero-order chi connectivity index (χ0) is 30.5. The van der Waals surface area contributed by atoms with E-state index in [4.69, 9.17) is 0 Å². The maximum atomic E-state index is 14.3. The Morgan fingerprint density at radius 3 is 2.51 bits per heavy atom. The van der Waals surface area contributed by atoms with Crippen molar-refractivity contribution in [3.8, 4) is 0 Å². The number of carbonyl (C=O) groups is 4. The van der Waals surface area contributed by atoms with Crippen LogP contribution in [0, 0.1) is 11.8 Å². The van der Waals surface area contributed by atoms with Gasteiger partial charge in [-0.25, -0.2) is 0 Å². The van der Waals surface area contributed by atoms with E-state index < -0.39 is 12.1 Å². The van der Waals surface area contributed by atoms with E-state index in [2.05, 4.69) is 34.8 Å². The molecule has 9 nitrogen and oxygen atoms in total. The summed E-state index contributed by atoms with van der Waals surface area (Å²) in [5, 5.41) is 10.3. The molecule has 3 heterocycles. The van der Waals surface area contributed by atoms with Crippen molar-refractivity contribution in [1.82, 2.24) is 25.8 Å². The molecule has 5 atom stereocenters. The number of amides is 4. The van der Waals surface area contributed by atoms with Crippen molar-refractivity contribution in [1.29, 1.82) is 0 Å². The summed E-state index contributed by atoms with van der Waals surface area (Å²) >= 11 is 0. The summed E-state index contributed by atoms with van der Waals surface area (Å²) in [7, 11) is 0. The van der Waals surface area contributed by atoms with Crippen LogP contribution >= 0.6 is 0 Å². The van der Waals surface area contributed by atoms with Gasteiger partial charge in [-0.3, -0.25) is 19.2 Å². The van der Waals surface area contributed by atoms with E-state index in [1.54, 1.807) is 4.90 Å². The lowest BCUT2D eigenvalue weighted by molar-refractivity contribution is -0.141. The molecule has 2 aliphatic rings. The summed E-state index contributed by atoms with van der Waals surface area (Å²) < 4.78 is 0. The van der Waals surface area contributed by atoms with Crippen LogP contribution < -0.4 is 16.0 Å². The van der Waals surface area contributed by atoms with E-state index in [0.717, 1.165) is 34.9 Å². The Balaban J connectivity index is 1.42. The quantitative estimate of drug-likeness (QED) is 0.354. The van der Waals surface area contributed by atoms with E-state index in [1.807, 2.05) is 67.7 Å². The molecular weight excluding hydrogens is 542 g/mol. The van der Waals surface area contributed by atoms with Gasteiger partial charge in [0.05, 0.1) is 6.42 Å². The highest BCUT2D eigenvalue weighted by Crippen LogP contribution is 2.25. The molecule has 0 spiro atoms. The van der Waals surface area contributed by atoms with Crippen LogP contribution in [0.1, 0.15) is 57.6 Å². The van der Waals surface area contributed by atoms with Crippen LogP contribution in [0.15, 0.2) is 60.8 Å². The van der Waals surface area contributed by atoms with Crippen molar-refractivity contribution in [3.63, 3.8) is 0 Å². The van der Waals surface area contributed by atoms with E-state index >= 15 is 0 Å². The van der Waals surface area contributed by atoms with Crippen LogP contribution in [0.25, 0.3) is 10.9 Å². The summed E-state index contributed by atoms with van der Waals surface area (Å²) in [6.45, 7) is 6.37. The molecule has 1 aromatic heterocycles. The van der Waals surface area contributed by atoms with E-state index in [0.29, 0.717) is 12.8 Å². The Morgan fingerprint density at radius 2 is 1.74 bits per heavy atom. The van der Waals surface area contributed by atoms with Gasteiger partial charge in [-0.2, -0.15) is 0 Å². The first kappa shape index (κ1) is 30.3. The Kier molecular flexibility index (Phi) is 9.48. The van der Waals surface area contributed by atoms with Gasteiger partial charge < -0.3 is 25.8 Å². The van der Waals surface area contributed by atoms with Crippen molar-refractivity contribution in [2.45, 2.75) is 83.5 Å². The molecule has 0 bridgehead atoms. The molecule has 228 valence electrons. The second kappa shape index (κ2) is 13.4. The van der Waals surface area contributed by atoms with E-state index in [-0.39, 0.29) is 66.9 Å². The zero-order valence-corrected chi connectivity index (χ0v) is 25.3. The monoisotopic (exact) mass is 585 g/mol. The lowest BCUT2D eigenvalue weighted by Crippen LogP contribution is -2.55. The van der Waals surface area contributed by atoms with Crippen molar-refractivity contribution in [2.24, 2.45) is 11.8 Å². The summed E-state index contributed by atoms with van der Waals surface area (Å²) in [5.74, 6) is -0.559. The van der Waals surface area contributed by atoms with Crippen molar-refractivity contribution < 1.29 is 19.2 Å². The van der Waals surface area contributed by atoms with Gasteiger partial charge in [0, 0.05) is 48.6 Å². The largest absolute Gasteiger partial charge is 0.361 e. The third kappa shape index (κ3) is 7.45. The fourth-order valence-corrected chi connectivity index (χ4v) is 6.40. The Bertz CT molecular complexity index is 1450. The van der Waals surface area contributed by atoms with Crippen molar-refractivity contribution in [2.75, 3.05) is 6.54 Å². The first-order valence-corrected chi connectivity index (χ1v) is 15.5. The molecule has 2 saturated heterocycles. The minimum atomic E-state index is -0.852. The fourth-order valence-electron chi connectivity index (χ4n) is 6.40. The third-order valence-corrected chi connectivity index (χ3v) is 8.83. The van der Waals surface area contributed by atoms with Crippen molar-refractivity contribution >= 4 is 34.5 Å². The number of para-hydroxylation sites is 1. The number of nitrogens with zero attached hydrogens (tertiary/aromatic N) is 1. The molecule has 0 aliphatic carbocycles. The number of carbonyl (C=O) groups excluding carboxylic acids is 4.